The zero-order valence-electron chi connectivity index (χ0n) is 25.3. The maximum atomic E-state index is 13.5. The highest BCUT2D eigenvalue weighted by molar-refractivity contribution is 5.95. The van der Waals surface area contributed by atoms with Crippen LogP contribution in [0.2, 0.25) is 0 Å². The topological polar surface area (TPSA) is 93.8 Å². The molecule has 0 atom stereocenters. The van der Waals surface area contributed by atoms with Gasteiger partial charge in [-0.05, 0) is 106 Å². The van der Waals surface area contributed by atoms with Crippen LogP contribution in [0.4, 0.5) is 26.3 Å². The molecule has 0 spiro atoms. The van der Waals surface area contributed by atoms with E-state index in [4.69, 9.17) is 0 Å². The Balaban J connectivity index is 0.998. The van der Waals surface area contributed by atoms with E-state index in [2.05, 4.69) is 20.8 Å². The molecule has 14 heteroatoms. The summed E-state index contributed by atoms with van der Waals surface area (Å²) >= 11 is 0. The van der Waals surface area contributed by atoms with Crippen molar-refractivity contribution in [2.24, 2.45) is 0 Å². The Kier molecular flexibility index (Phi) is 8.86. The maximum Gasteiger partial charge on any atom is 0.435 e. The van der Waals surface area contributed by atoms with Crippen molar-refractivity contribution in [2.75, 3.05) is 13.1 Å². The van der Waals surface area contributed by atoms with Crippen molar-refractivity contribution >= 4 is 11.8 Å². The molecule has 0 unspecified atom stereocenters. The number of rotatable bonds is 8. The van der Waals surface area contributed by atoms with Crippen LogP contribution in [0, 0.1) is 0 Å². The second-order valence-corrected chi connectivity index (χ2v) is 11.7. The van der Waals surface area contributed by atoms with Gasteiger partial charge < -0.3 is 10.6 Å². The Morgan fingerprint density at radius 3 is 1.32 bits per heavy atom. The van der Waals surface area contributed by atoms with E-state index in [1.165, 1.54) is 33.6 Å². The predicted octanol–water partition coefficient (Wildman–Crippen LogP) is 6.40. The third kappa shape index (κ3) is 6.77. The monoisotopic (exact) mass is 658 g/mol. The molecule has 248 valence electrons. The lowest BCUT2D eigenvalue weighted by Crippen LogP contribution is -2.29. The fourth-order valence-corrected chi connectivity index (χ4v) is 6.28. The number of carbonyl (C=O) groups is 2. The second kappa shape index (κ2) is 12.9. The molecule has 0 fully saturated rings. The Labute approximate surface area is 266 Å². The summed E-state index contributed by atoms with van der Waals surface area (Å²) in [6.45, 7) is 0.515. The van der Waals surface area contributed by atoms with Crippen molar-refractivity contribution < 1.29 is 35.9 Å². The summed E-state index contributed by atoms with van der Waals surface area (Å²) in [5.41, 5.74) is 1.43. The first-order valence-electron chi connectivity index (χ1n) is 15.5. The van der Waals surface area contributed by atoms with E-state index in [1.807, 2.05) is 0 Å². The van der Waals surface area contributed by atoms with Crippen LogP contribution in [0.3, 0.4) is 0 Å². The van der Waals surface area contributed by atoms with Crippen LogP contribution >= 0.6 is 0 Å². The van der Waals surface area contributed by atoms with E-state index in [-0.39, 0.29) is 36.0 Å². The molecule has 2 amide bonds. The number of fused-ring (bicyclic) bond motifs is 2. The van der Waals surface area contributed by atoms with Gasteiger partial charge in [-0.15, -0.1) is 0 Å². The molecule has 6 rings (SSSR count). The maximum absolute atomic E-state index is 13.5. The average Bonchev–Trinajstić information content (AvgIpc) is 3.65. The van der Waals surface area contributed by atoms with Crippen molar-refractivity contribution in [3.63, 3.8) is 0 Å². The van der Waals surface area contributed by atoms with E-state index in [0.717, 1.165) is 12.8 Å². The van der Waals surface area contributed by atoms with Crippen LogP contribution in [0.25, 0.3) is 11.4 Å². The summed E-state index contributed by atoms with van der Waals surface area (Å²) in [6.07, 6.45) is -4.05. The normalized spacial score (nSPS) is 14.8. The standard InChI is InChI=1S/C33H32F6N6O2/c34-32(35,36)28-24-6-1-3-8-26(24)44(42-28)22-14-10-20(11-15-22)30(46)40-18-5-19-41-31(47)21-12-16-23(17-13-21)45-27-9-4-2-7-25(27)29(43-45)33(37,38)39/h10-17H,1-9,18-19H2,(H,40,46)(H,41,47). The highest BCUT2D eigenvalue weighted by Crippen LogP contribution is 2.38. The summed E-state index contributed by atoms with van der Waals surface area (Å²) < 4.78 is 83.9. The van der Waals surface area contributed by atoms with E-state index in [1.54, 1.807) is 24.3 Å². The first kappa shape index (κ1) is 32.3. The summed E-state index contributed by atoms with van der Waals surface area (Å²) in [5.74, 6) is -0.738. The molecular weight excluding hydrogens is 626 g/mol. The van der Waals surface area contributed by atoms with Crippen LogP contribution in [-0.4, -0.2) is 44.5 Å². The van der Waals surface area contributed by atoms with Gasteiger partial charge in [0.05, 0.1) is 11.4 Å². The Morgan fingerprint density at radius 2 is 0.957 bits per heavy atom. The minimum atomic E-state index is -4.54. The molecule has 0 saturated carbocycles. The van der Waals surface area contributed by atoms with E-state index in [9.17, 15) is 35.9 Å². The number of aromatic nitrogens is 4. The van der Waals surface area contributed by atoms with Gasteiger partial charge in [0.1, 0.15) is 0 Å². The number of amides is 2. The number of halogens is 6. The fourth-order valence-electron chi connectivity index (χ4n) is 6.28. The minimum Gasteiger partial charge on any atom is -0.352 e. The minimum absolute atomic E-state index is 0.241. The molecule has 0 bridgehead atoms. The molecule has 0 saturated heterocycles. The van der Waals surface area contributed by atoms with Crippen molar-refractivity contribution in [1.82, 2.24) is 30.2 Å². The van der Waals surface area contributed by atoms with Crippen molar-refractivity contribution in [3.05, 3.63) is 93.6 Å². The van der Waals surface area contributed by atoms with Crippen LogP contribution in [0.15, 0.2) is 48.5 Å². The molecule has 8 nitrogen and oxygen atoms in total. The van der Waals surface area contributed by atoms with Gasteiger partial charge in [-0.25, -0.2) is 9.36 Å². The number of nitrogens with one attached hydrogen (secondary N) is 2. The highest BCUT2D eigenvalue weighted by atomic mass is 19.4. The molecule has 2 N–H and O–H groups in total. The van der Waals surface area contributed by atoms with Crippen molar-refractivity contribution in [3.8, 4) is 11.4 Å². The number of benzene rings is 2. The van der Waals surface area contributed by atoms with Gasteiger partial charge in [0.2, 0.25) is 0 Å². The number of hydrogen-bond donors (Lipinski definition) is 2. The summed E-state index contributed by atoms with van der Waals surface area (Å²) in [4.78, 5) is 25.3. The third-order valence-corrected chi connectivity index (χ3v) is 8.57. The largest absolute Gasteiger partial charge is 0.435 e. The van der Waals surface area contributed by atoms with E-state index < -0.39 is 23.7 Å². The van der Waals surface area contributed by atoms with Gasteiger partial charge in [-0.1, -0.05) is 0 Å². The van der Waals surface area contributed by atoms with E-state index in [0.29, 0.717) is 78.8 Å². The Hall–Kier alpha value is -4.62. The van der Waals surface area contributed by atoms with Gasteiger partial charge in [-0.2, -0.15) is 36.5 Å². The van der Waals surface area contributed by atoms with Gasteiger partial charge in [0.15, 0.2) is 11.4 Å². The van der Waals surface area contributed by atoms with Crippen molar-refractivity contribution in [1.29, 1.82) is 0 Å². The molecule has 47 heavy (non-hydrogen) atoms. The van der Waals surface area contributed by atoms with Crippen molar-refractivity contribution in [2.45, 2.75) is 70.1 Å². The molecule has 2 aromatic carbocycles. The number of carbonyl (C=O) groups excluding carboxylic acids is 2. The molecular formula is C33H32F6N6O2. The lowest BCUT2D eigenvalue weighted by atomic mass is 9.95. The second-order valence-electron chi connectivity index (χ2n) is 11.7. The number of nitrogens with zero attached hydrogens (tertiary/aromatic N) is 4. The lowest BCUT2D eigenvalue weighted by Gasteiger charge is -2.15. The molecule has 2 heterocycles. The molecule has 4 aromatic rings. The fraction of sp³-hybridized carbons (Fsp3) is 0.394. The quantitative estimate of drug-likeness (QED) is 0.169. The SMILES string of the molecule is O=C(NCCCNC(=O)c1ccc(-n2nc(C(F)(F)F)c3c2CCCC3)cc1)c1ccc(-n2nc(C(F)(F)F)c3c2CCCC3)cc1. The molecule has 2 aliphatic rings. The molecule has 2 aliphatic carbocycles. The first-order valence-corrected chi connectivity index (χ1v) is 15.5. The van der Waals surface area contributed by atoms with Crippen LogP contribution in [0.5, 0.6) is 0 Å². The van der Waals surface area contributed by atoms with Crippen LogP contribution in [-0.2, 0) is 38.0 Å². The number of hydrogen-bond acceptors (Lipinski definition) is 4. The summed E-state index contributed by atoms with van der Waals surface area (Å²) in [5, 5.41) is 13.3. The smallest absolute Gasteiger partial charge is 0.352 e. The Bertz CT molecular complexity index is 1640. The summed E-state index contributed by atoms with van der Waals surface area (Å²) in [6, 6.07) is 12.4. The van der Waals surface area contributed by atoms with Gasteiger partial charge in [-0.3, -0.25) is 9.59 Å². The first-order chi connectivity index (χ1) is 22.4. The highest BCUT2D eigenvalue weighted by Gasteiger charge is 2.40. The molecule has 0 radical (unpaired) electrons. The lowest BCUT2D eigenvalue weighted by molar-refractivity contribution is -0.142. The average molecular weight is 659 g/mol. The molecule has 0 aliphatic heterocycles. The zero-order chi connectivity index (χ0) is 33.3. The van der Waals surface area contributed by atoms with E-state index >= 15 is 0 Å². The zero-order valence-corrected chi connectivity index (χ0v) is 25.3. The number of alkyl halides is 6. The van der Waals surface area contributed by atoms with Crippen LogP contribution in [0.1, 0.15) is 86.7 Å². The Morgan fingerprint density at radius 1 is 0.596 bits per heavy atom. The van der Waals surface area contributed by atoms with Gasteiger partial charge in [0, 0.05) is 46.7 Å². The predicted molar refractivity (Wildman–Crippen MR) is 160 cm³/mol. The van der Waals surface area contributed by atoms with Gasteiger partial charge >= 0.3 is 12.4 Å². The summed E-state index contributed by atoms with van der Waals surface area (Å²) in [7, 11) is 0. The van der Waals surface area contributed by atoms with Crippen LogP contribution < -0.4 is 10.6 Å². The molecule has 2 aromatic heterocycles. The third-order valence-electron chi connectivity index (χ3n) is 8.57. The van der Waals surface area contributed by atoms with Gasteiger partial charge in [0.25, 0.3) is 11.8 Å².